The lowest BCUT2D eigenvalue weighted by molar-refractivity contribution is -0.117. The maximum Gasteiger partial charge on any atom is 0.141 e. The number of hydrogen-bond acceptors (Lipinski definition) is 1. The fourth-order valence-corrected chi connectivity index (χ4v) is 2.13. The highest BCUT2D eigenvalue weighted by molar-refractivity contribution is 14.1. The quantitative estimate of drug-likeness (QED) is 0.744. The van der Waals surface area contributed by atoms with Crippen LogP contribution in [0.25, 0.3) is 0 Å². The number of ketones is 1. The molecule has 0 fully saturated rings. The second kappa shape index (κ2) is 6.23. The third kappa shape index (κ3) is 4.09. The molecule has 0 unspecified atom stereocenters. The van der Waals surface area contributed by atoms with Crippen LogP contribution in [0.5, 0.6) is 0 Å². The van der Waals surface area contributed by atoms with Crippen molar-refractivity contribution in [2.75, 3.05) is 0 Å². The predicted octanol–water partition coefficient (Wildman–Crippen LogP) is 3.92. The van der Waals surface area contributed by atoms with Crippen LogP contribution in [-0.4, -0.2) is 5.78 Å². The van der Waals surface area contributed by atoms with Gasteiger partial charge in [-0.05, 0) is 51.9 Å². The van der Waals surface area contributed by atoms with E-state index in [1.165, 1.54) is 6.07 Å². The summed E-state index contributed by atoms with van der Waals surface area (Å²) in [5.41, 5.74) is 1.13. The maximum atomic E-state index is 13.4. The topological polar surface area (TPSA) is 17.1 Å². The third-order valence-corrected chi connectivity index (χ3v) is 3.44. The molecule has 0 spiro atoms. The van der Waals surface area contributed by atoms with Crippen molar-refractivity contribution in [1.29, 1.82) is 0 Å². The van der Waals surface area contributed by atoms with E-state index in [1.54, 1.807) is 0 Å². The van der Waals surface area contributed by atoms with Gasteiger partial charge in [0.05, 0.1) is 0 Å². The lowest BCUT2D eigenvalue weighted by Crippen LogP contribution is -2.08. The number of hydrogen-bond donors (Lipinski definition) is 0. The zero-order valence-electron chi connectivity index (χ0n) is 10.00. The number of rotatable bonds is 4. The first-order valence-corrected chi connectivity index (χ1v) is 6.82. The summed E-state index contributed by atoms with van der Waals surface area (Å²) in [4.78, 5) is 11.8. The average Bonchev–Trinajstić information content (AvgIpc) is 2.36. The van der Waals surface area contributed by atoms with Gasteiger partial charge in [0.15, 0.2) is 0 Å². The van der Waals surface area contributed by atoms with Gasteiger partial charge in [0.1, 0.15) is 17.4 Å². The van der Waals surface area contributed by atoms with Gasteiger partial charge in [0.2, 0.25) is 0 Å². The predicted molar refractivity (Wildman–Crippen MR) is 77.9 cm³/mol. The standard InChI is InChI=1S/C15H11F2IO/c16-12-4-3-11(15(17)9-12)8-14(19)7-10-1-5-13(18)6-2-10/h1-6,9H,7-8H2. The van der Waals surface area contributed by atoms with Crippen LogP contribution >= 0.6 is 22.6 Å². The Balaban J connectivity index is 2.03. The summed E-state index contributed by atoms with van der Waals surface area (Å²) >= 11 is 2.19. The molecule has 0 N–H and O–H groups in total. The van der Waals surface area contributed by atoms with Crippen molar-refractivity contribution in [3.63, 3.8) is 0 Å². The molecule has 2 rings (SSSR count). The Morgan fingerprint density at radius 2 is 1.68 bits per heavy atom. The Bertz CT molecular complexity index is 594. The van der Waals surface area contributed by atoms with Crippen molar-refractivity contribution in [1.82, 2.24) is 0 Å². The molecule has 0 aliphatic carbocycles. The second-order valence-electron chi connectivity index (χ2n) is 4.25. The van der Waals surface area contributed by atoms with E-state index in [2.05, 4.69) is 22.6 Å². The first kappa shape index (κ1) is 14.1. The highest BCUT2D eigenvalue weighted by atomic mass is 127. The fourth-order valence-electron chi connectivity index (χ4n) is 1.77. The fraction of sp³-hybridized carbons (Fsp3) is 0.133. The van der Waals surface area contributed by atoms with E-state index < -0.39 is 11.6 Å². The summed E-state index contributed by atoms with van der Waals surface area (Å²) in [5.74, 6) is -1.39. The Kier molecular flexibility index (Phi) is 4.63. The van der Waals surface area contributed by atoms with E-state index in [1.807, 2.05) is 24.3 Å². The van der Waals surface area contributed by atoms with Crippen LogP contribution in [0, 0.1) is 15.2 Å². The van der Waals surface area contributed by atoms with Gasteiger partial charge >= 0.3 is 0 Å². The molecule has 0 radical (unpaired) electrons. The number of benzene rings is 2. The monoisotopic (exact) mass is 372 g/mol. The van der Waals surface area contributed by atoms with Crippen LogP contribution in [-0.2, 0) is 17.6 Å². The minimum Gasteiger partial charge on any atom is -0.299 e. The Morgan fingerprint density at radius 1 is 1.00 bits per heavy atom. The van der Waals surface area contributed by atoms with E-state index in [0.29, 0.717) is 0 Å². The molecule has 0 aromatic heterocycles. The zero-order chi connectivity index (χ0) is 13.8. The smallest absolute Gasteiger partial charge is 0.141 e. The third-order valence-electron chi connectivity index (χ3n) is 2.72. The Hall–Kier alpha value is -1.30. The summed E-state index contributed by atoms with van der Waals surface area (Å²) in [5, 5.41) is 0. The lowest BCUT2D eigenvalue weighted by Gasteiger charge is -2.04. The summed E-state index contributed by atoms with van der Waals surface area (Å²) in [7, 11) is 0. The molecule has 2 aromatic carbocycles. The van der Waals surface area contributed by atoms with Crippen molar-refractivity contribution in [2.24, 2.45) is 0 Å². The van der Waals surface area contributed by atoms with Crippen LogP contribution in [0.1, 0.15) is 11.1 Å². The maximum absolute atomic E-state index is 13.4. The van der Waals surface area contributed by atoms with Crippen LogP contribution < -0.4 is 0 Å². The highest BCUT2D eigenvalue weighted by Crippen LogP contribution is 2.13. The van der Waals surface area contributed by atoms with Gasteiger partial charge in [-0.3, -0.25) is 4.79 Å². The van der Waals surface area contributed by atoms with E-state index in [0.717, 1.165) is 21.3 Å². The molecule has 0 aliphatic heterocycles. The molecule has 4 heteroatoms. The second-order valence-corrected chi connectivity index (χ2v) is 5.50. The van der Waals surface area contributed by atoms with Crippen molar-refractivity contribution in [3.8, 4) is 0 Å². The van der Waals surface area contributed by atoms with Crippen molar-refractivity contribution < 1.29 is 13.6 Å². The van der Waals surface area contributed by atoms with Crippen molar-refractivity contribution in [2.45, 2.75) is 12.8 Å². The molecule has 0 aliphatic rings. The molecule has 0 heterocycles. The van der Waals surface area contributed by atoms with Gasteiger partial charge in [0, 0.05) is 22.5 Å². The van der Waals surface area contributed by atoms with Crippen LogP contribution in [0.3, 0.4) is 0 Å². The molecule has 98 valence electrons. The highest BCUT2D eigenvalue weighted by Gasteiger charge is 2.10. The summed E-state index contributed by atoms with van der Waals surface area (Å²) in [6, 6.07) is 10.9. The van der Waals surface area contributed by atoms with Crippen molar-refractivity contribution >= 4 is 28.4 Å². The zero-order valence-corrected chi connectivity index (χ0v) is 12.2. The van der Waals surface area contributed by atoms with Crippen LogP contribution in [0.4, 0.5) is 8.78 Å². The summed E-state index contributed by atoms with van der Waals surface area (Å²) in [6.07, 6.45) is 0.242. The van der Waals surface area contributed by atoms with Gasteiger partial charge in [-0.2, -0.15) is 0 Å². The van der Waals surface area contributed by atoms with E-state index >= 15 is 0 Å². The van der Waals surface area contributed by atoms with Crippen LogP contribution in [0.2, 0.25) is 0 Å². The van der Waals surface area contributed by atoms with Gasteiger partial charge in [0.25, 0.3) is 0 Å². The molecule has 1 nitrogen and oxygen atoms in total. The molecular weight excluding hydrogens is 361 g/mol. The summed E-state index contributed by atoms with van der Waals surface area (Å²) in [6.45, 7) is 0. The van der Waals surface area contributed by atoms with Crippen molar-refractivity contribution in [3.05, 3.63) is 68.8 Å². The molecule has 19 heavy (non-hydrogen) atoms. The van der Waals surface area contributed by atoms with Gasteiger partial charge < -0.3 is 0 Å². The minimum atomic E-state index is -0.670. The van der Waals surface area contributed by atoms with E-state index in [9.17, 15) is 13.6 Å². The SMILES string of the molecule is O=C(Cc1ccc(I)cc1)Cc1ccc(F)cc1F. The molecular formula is C15H11F2IO. The Morgan fingerprint density at radius 3 is 2.32 bits per heavy atom. The van der Waals surface area contributed by atoms with Gasteiger partial charge in [-0.15, -0.1) is 0 Å². The first-order valence-electron chi connectivity index (χ1n) is 5.74. The minimum absolute atomic E-state index is 0.0158. The molecule has 0 bridgehead atoms. The molecule has 0 saturated heterocycles. The largest absolute Gasteiger partial charge is 0.299 e. The Labute approximate surface area is 123 Å². The van der Waals surface area contributed by atoms with Gasteiger partial charge in [-0.25, -0.2) is 8.78 Å². The van der Waals surface area contributed by atoms with Gasteiger partial charge in [-0.1, -0.05) is 18.2 Å². The number of Topliss-reactive ketones (excluding diaryl/α,β-unsaturated/α-hetero) is 1. The van der Waals surface area contributed by atoms with E-state index in [4.69, 9.17) is 0 Å². The number of halogens is 3. The first-order chi connectivity index (χ1) is 9.04. The summed E-state index contributed by atoms with van der Waals surface area (Å²) < 4.78 is 27.2. The molecule has 0 atom stereocenters. The normalized spacial score (nSPS) is 10.5. The molecule has 0 saturated carbocycles. The lowest BCUT2D eigenvalue weighted by atomic mass is 10.0. The average molecular weight is 372 g/mol. The molecule has 0 amide bonds. The number of carbonyl (C=O) groups is 1. The van der Waals surface area contributed by atoms with Crippen LogP contribution in [0.15, 0.2) is 42.5 Å². The molecule has 2 aromatic rings. The van der Waals surface area contributed by atoms with E-state index in [-0.39, 0.29) is 24.2 Å². The number of carbonyl (C=O) groups excluding carboxylic acids is 1.